The smallest absolute Gasteiger partial charge is 0.339 e. The van der Waals surface area contributed by atoms with Gasteiger partial charge in [0.15, 0.2) is 0 Å². The van der Waals surface area contributed by atoms with Gasteiger partial charge in [-0.05, 0) is 59.5 Å². The normalized spacial score (nSPS) is 17.2. The number of aromatic amines is 1. The van der Waals surface area contributed by atoms with Crippen LogP contribution in [0.3, 0.4) is 0 Å². The summed E-state index contributed by atoms with van der Waals surface area (Å²) >= 11 is 0. The predicted octanol–water partition coefficient (Wildman–Crippen LogP) is 4.67. The average Bonchev–Trinajstić information content (AvgIpc) is 3.26. The Bertz CT molecular complexity index is 1360. The maximum Gasteiger partial charge on any atom is 0.339 e. The fourth-order valence-corrected chi connectivity index (χ4v) is 4.48. The van der Waals surface area contributed by atoms with Crippen LogP contribution < -0.4 is 10.1 Å². The van der Waals surface area contributed by atoms with Crippen LogP contribution in [0.1, 0.15) is 39.1 Å². The van der Waals surface area contributed by atoms with Crippen molar-refractivity contribution in [1.82, 2.24) is 10.3 Å². The predicted molar refractivity (Wildman–Crippen MR) is 125 cm³/mol. The van der Waals surface area contributed by atoms with E-state index in [9.17, 15) is 14.0 Å². The van der Waals surface area contributed by atoms with E-state index in [1.165, 1.54) is 12.1 Å². The van der Waals surface area contributed by atoms with Crippen molar-refractivity contribution in [1.29, 1.82) is 0 Å². The van der Waals surface area contributed by atoms with Crippen LogP contribution in [0.15, 0.2) is 72.9 Å². The molecule has 0 saturated carbocycles. The summed E-state index contributed by atoms with van der Waals surface area (Å²) in [4.78, 5) is 29.2. The molecule has 3 aromatic carbocycles. The Morgan fingerprint density at radius 1 is 1.12 bits per heavy atom. The zero-order valence-electron chi connectivity index (χ0n) is 18.5. The molecular formula is C27H23FN2O4. The van der Waals surface area contributed by atoms with E-state index in [0.29, 0.717) is 35.4 Å². The quantitative estimate of drug-likeness (QED) is 0.412. The number of amides is 1. The first-order valence-electron chi connectivity index (χ1n) is 11.0. The van der Waals surface area contributed by atoms with Crippen molar-refractivity contribution in [2.75, 3.05) is 13.7 Å². The van der Waals surface area contributed by atoms with Crippen LogP contribution in [-0.4, -0.2) is 30.5 Å². The van der Waals surface area contributed by atoms with E-state index in [4.69, 9.17) is 9.47 Å². The number of halogens is 1. The molecule has 0 bridgehead atoms. The van der Waals surface area contributed by atoms with Gasteiger partial charge in [-0.2, -0.15) is 0 Å². The van der Waals surface area contributed by atoms with Crippen LogP contribution in [-0.2, 0) is 16.0 Å². The Labute approximate surface area is 195 Å². The molecule has 2 N–H and O–H groups in total. The number of H-pyrrole nitrogens is 1. The molecule has 0 fully saturated rings. The van der Waals surface area contributed by atoms with Gasteiger partial charge in [0.1, 0.15) is 23.6 Å². The van der Waals surface area contributed by atoms with Gasteiger partial charge in [0.25, 0.3) is 0 Å². The van der Waals surface area contributed by atoms with Crippen LogP contribution in [0, 0.1) is 5.82 Å². The topological polar surface area (TPSA) is 80.4 Å². The first kappa shape index (κ1) is 21.7. The number of esters is 1. The van der Waals surface area contributed by atoms with Gasteiger partial charge in [-0.15, -0.1) is 0 Å². The summed E-state index contributed by atoms with van der Waals surface area (Å²) in [7, 11) is 1.57. The average molecular weight is 458 g/mol. The number of ether oxygens (including phenoxy) is 2. The number of aromatic nitrogens is 1. The first-order valence-corrected chi connectivity index (χ1v) is 11.0. The monoisotopic (exact) mass is 458 g/mol. The van der Waals surface area contributed by atoms with E-state index in [-0.39, 0.29) is 11.7 Å². The zero-order valence-corrected chi connectivity index (χ0v) is 18.5. The lowest BCUT2D eigenvalue weighted by molar-refractivity contribution is -0.125. The third-order valence-electron chi connectivity index (χ3n) is 6.20. The molecule has 0 aliphatic carbocycles. The highest BCUT2D eigenvalue weighted by molar-refractivity contribution is 5.97. The number of benzene rings is 3. The standard InChI is InChI=1S/C27H23FN2O4/c1-33-19-9-6-16(7-10-19)25-24(20-4-2-3-5-21(20)27(32)34-25)26(31)29-13-12-17-15-30-23-11-8-18(28)14-22(17)23/h2-11,14-15,24-25,30H,12-13H2,1H3,(H,29,31). The summed E-state index contributed by atoms with van der Waals surface area (Å²) in [5, 5.41) is 3.78. The van der Waals surface area contributed by atoms with Crippen molar-refractivity contribution < 1.29 is 23.5 Å². The fraction of sp³-hybridized carbons (Fsp3) is 0.185. The molecule has 0 saturated heterocycles. The van der Waals surface area contributed by atoms with E-state index < -0.39 is 18.0 Å². The molecule has 2 heterocycles. The second-order valence-electron chi connectivity index (χ2n) is 8.21. The van der Waals surface area contributed by atoms with Crippen LogP contribution in [0.2, 0.25) is 0 Å². The third kappa shape index (κ3) is 4.01. The van der Waals surface area contributed by atoms with Crippen molar-refractivity contribution >= 4 is 22.8 Å². The van der Waals surface area contributed by atoms with Crippen molar-refractivity contribution in [3.8, 4) is 5.75 Å². The highest BCUT2D eigenvalue weighted by Crippen LogP contribution is 2.41. The molecule has 34 heavy (non-hydrogen) atoms. The number of cyclic esters (lactones) is 1. The molecule has 2 atom stereocenters. The summed E-state index contributed by atoms with van der Waals surface area (Å²) < 4.78 is 24.6. The first-order chi connectivity index (χ1) is 16.5. The molecule has 4 aromatic rings. The number of nitrogens with one attached hydrogen (secondary N) is 2. The van der Waals surface area contributed by atoms with E-state index in [1.807, 2.05) is 12.3 Å². The van der Waals surface area contributed by atoms with Crippen molar-refractivity contribution in [3.05, 3.63) is 101 Å². The highest BCUT2D eigenvalue weighted by atomic mass is 19.1. The van der Waals surface area contributed by atoms with Crippen molar-refractivity contribution in [2.45, 2.75) is 18.4 Å². The minimum Gasteiger partial charge on any atom is -0.497 e. The van der Waals surface area contributed by atoms with Gasteiger partial charge in [-0.3, -0.25) is 4.79 Å². The number of carbonyl (C=O) groups excluding carboxylic acids is 2. The number of hydrogen-bond acceptors (Lipinski definition) is 4. The molecule has 7 heteroatoms. The second-order valence-corrected chi connectivity index (χ2v) is 8.21. The maximum atomic E-state index is 13.7. The molecule has 6 nitrogen and oxygen atoms in total. The molecule has 1 amide bonds. The summed E-state index contributed by atoms with van der Waals surface area (Å²) in [6.07, 6.45) is 1.58. The SMILES string of the molecule is COc1ccc(C2OC(=O)c3ccccc3C2C(=O)NCCc2c[nH]c3ccc(F)cc23)cc1. The Kier molecular flexibility index (Phi) is 5.76. The van der Waals surface area contributed by atoms with Crippen LogP contribution in [0.25, 0.3) is 10.9 Å². The maximum absolute atomic E-state index is 13.7. The van der Waals surface area contributed by atoms with E-state index in [2.05, 4.69) is 10.3 Å². The fourth-order valence-electron chi connectivity index (χ4n) is 4.48. The molecule has 1 aliphatic heterocycles. The molecule has 5 rings (SSSR count). The number of carbonyl (C=O) groups is 2. The number of fused-ring (bicyclic) bond motifs is 2. The lowest BCUT2D eigenvalue weighted by Gasteiger charge is -2.32. The van der Waals surface area contributed by atoms with E-state index >= 15 is 0 Å². The Morgan fingerprint density at radius 3 is 2.71 bits per heavy atom. The van der Waals surface area contributed by atoms with Crippen LogP contribution >= 0.6 is 0 Å². The van der Waals surface area contributed by atoms with Crippen molar-refractivity contribution in [3.63, 3.8) is 0 Å². The highest BCUT2D eigenvalue weighted by Gasteiger charge is 2.40. The second kappa shape index (κ2) is 9.02. The lowest BCUT2D eigenvalue weighted by atomic mass is 9.83. The van der Waals surface area contributed by atoms with Crippen LogP contribution in [0.4, 0.5) is 4.39 Å². The van der Waals surface area contributed by atoms with E-state index in [0.717, 1.165) is 16.5 Å². The molecule has 1 aliphatic rings. The molecule has 1 aromatic heterocycles. The molecular weight excluding hydrogens is 435 g/mol. The lowest BCUT2D eigenvalue weighted by Crippen LogP contribution is -2.38. The number of rotatable bonds is 6. The third-order valence-corrected chi connectivity index (χ3v) is 6.20. The number of hydrogen-bond donors (Lipinski definition) is 2. The Morgan fingerprint density at radius 2 is 1.91 bits per heavy atom. The minimum absolute atomic E-state index is 0.244. The largest absolute Gasteiger partial charge is 0.497 e. The summed E-state index contributed by atoms with van der Waals surface area (Å²) in [5.74, 6) is -1.04. The van der Waals surface area contributed by atoms with Gasteiger partial charge in [0.2, 0.25) is 5.91 Å². The van der Waals surface area contributed by atoms with Gasteiger partial charge in [-0.1, -0.05) is 30.3 Å². The van der Waals surface area contributed by atoms with Gasteiger partial charge in [0, 0.05) is 23.6 Å². The Balaban J connectivity index is 1.39. The molecule has 172 valence electrons. The van der Waals surface area contributed by atoms with Gasteiger partial charge in [0.05, 0.1) is 12.7 Å². The molecule has 0 spiro atoms. The summed E-state index contributed by atoms with van der Waals surface area (Å²) in [5.41, 5.74) is 3.48. The summed E-state index contributed by atoms with van der Waals surface area (Å²) in [6.45, 7) is 0.351. The van der Waals surface area contributed by atoms with E-state index in [1.54, 1.807) is 55.6 Å². The van der Waals surface area contributed by atoms with Crippen molar-refractivity contribution in [2.24, 2.45) is 0 Å². The van der Waals surface area contributed by atoms with Gasteiger partial charge in [-0.25, -0.2) is 9.18 Å². The minimum atomic E-state index is -0.768. The van der Waals surface area contributed by atoms with Gasteiger partial charge < -0.3 is 19.8 Å². The van der Waals surface area contributed by atoms with Crippen LogP contribution in [0.5, 0.6) is 5.75 Å². The van der Waals surface area contributed by atoms with Gasteiger partial charge >= 0.3 is 5.97 Å². The number of methoxy groups -OCH3 is 1. The Hall–Kier alpha value is -4.13. The molecule has 0 radical (unpaired) electrons. The summed E-state index contributed by atoms with van der Waals surface area (Å²) in [6, 6.07) is 18.7. The molecule has 2 unspecified atom stereocenters. The zero-order chi connectivity index (χ0) is 23.7.